The number of nitrogens with zero attached hydrogens (tertiary/aromatic N) is 1. The molecule has 1 amide bonds. The van der Waals surface area contributed by atoms with Crippen LogP contribution in [-0.4, -0.2) is 63.4 Å². The fourth-order valence-electron chi connectivity index (χ4n) is 2.93. The van der Waals surface area contributed by atoms with E-state index in [9.17, 15) is 22.0 Å². The third kappa shape index (κ3) is 4.37. The molecule has 10 heteroatoms. The van der Waals surface area contributed by atoms with Crippen molar-refractivity contribution in [3.05, 3.63) is 29.8 Å². The quantitative estimate of drug-likeness (QED) is 0.758. The normalized spacial score (nSPS) is 23.7. The van der Waals surface area contributed by atoms with Crippen molar-refractivity contribution in [1.82, 2.24) is 14.9 Å². The van der Waals surface area contributed by atoms with Crippen LogP contribution in [-0.2, 0) is 26.1 Å². The monoisotopic (exact) mass is 389 g/mol. The molecule has 0 spiro atoms. The highest BCUT2D eigenvalue weighted by molar-refractivity contribution is 7.89. The molecule has 7 nitrogen and oxygen atoms in total. The Morgan fingerprint density at radius 2 is 1.92 bits per heavy atom. The van der Waals surface area contributed by atoms with Crippen LogP contribution >= 0.6 is 0 Å². The van der Waals surface area contributed by atoms with Gasteiger partial charge in [0.1, 0.15) is 0 Å². The van der Waals surface area contributed by atoms with E-state index in [1.165, 1.54) is 16.4 Å². The lowest BCUT2D eigenvalue weighted by Gasteiger charge is -2.26. The second kappa shape index (κ2) is 7.55. The lowest BCUT2D eigenvalue weighted by atomic mass is 10.1. The van der Waals surface area contributed by atoms with Crippen LogP contribution in [0.5, 0.6) is 0 Å². The van der Waals surface area contributed by atoms with Gasteiger partial charge in [0.25, 0.3) is 5.92 Å². The Morgan fingerprint density at radius 3 is 2.50 bits per heavy atom. The van der Waals surface area contributed by atoms with Crippen LogP contribution in [0.1, 0.15) is 12.0 Å². The second-order valence-electron chi connectivity index (χ2n) is 6.37. The maximum absolute atomic E-state index is 13.1. The molecule has 2 fully saturated rings. The van der Waals surface area contributed by atoms with Crippen LogP contribution in [0.15, 0.2) is 29.2 Å². The van der Waals surface area contributed by atoms with Crippen LogP contribution in [0.2, 0.25) is 0 Å². The SMILES string of the molecule is O=C(NCc1ccc(S(=O)(=O)N2CCOCC2)cc1)C1CC(F)(F)CN1. The Bertz CT molecular complexity index is 749. The summed E-state index contributed by atoms with van der Waals surface area (Å²) in [6, 6.07) is 5.25. The summed E-state index contributed by atoms with van der Waals surface area (Å²) in [5.41, 5.74) is 0.684. The van der Waals surface area contributed by atoms with Gasteiger partial charge in [0.05, 0.1) is 30.7 Å². The molecule has 2 aliphatic rings. The van der Waals surface area contributed by atoms with Crippen LogP contribution in [0, 0.1) is 0 Å². The number of benzene rings is 1. The Morgan fingerprint density at radius 1 is 1.27 bits per heavy atom. The van der Waals surface area contributed by atoms with E-state index in [1.54, 1.807) is 12.1 Å². The number of amides is 1. The van der Waals surface area contributed by atoms with E-state index >= 15 is 0 Å². The standard InChI is InChI=1S/C16H21F2N3O4S/c17-16(18)9-14(20-11-16)15(22)19-10-12-1-3-13(4-2-12)26(23,24)21-5-7-25-8-6-21/h1-4,14,20H,5-11H2,(H,19,22). The maximum Gasteiger partial charge on any atom is 0.262 e. The number of hydrogen-bond donors (Lipinski definition) is 2. The largest absolute Gasteiger partial charge is 0.379 e. The molecule has 144 valence electrons. The fraction of sp³-hybridized carbons (Fsp3) is 0.562. The highest BCUT2D eigenvalue weighted by Gasteiger charge is 2.42. The highest BCUT2D eigenvalue weighted by Crippen LogP contribution is 2.25. The molecule has 2 heterocycles. The third-order valence-corrected chi connectivity index (χ3v) is 6.34. The zero-order valence-corrected chi connectivity index (χ0v) is 14.9. The molecule has 0 aromatic heterocycles. The van der Waals surface area contributed by atoms with Crippen molar-refractivity contribution < 1.29 is 26.7 Å². The first-order chi connectivity index (χ1) is 12.3. The summed E-state index contributed by atoms with van der Waals surface area (Å²) in [6.45, 7) is 1.02. The number of carbonyl (C=O) groups excluding carboxylic acids is 1. The van der Waals surface area contributed by atoms with Gasteiger partial charge in [0.15, 0.2) is 0 Å². The number of alkyl halides is 2. The topological polar surface area (TPSA) is 87.7 Å². The van der Waals surface area contributed by atoms with Gasteiger partial charge < -0.3 is 10.1 Å². The molecule has 0 aliphatic carbocycles. The summed E-state index contributed by atoms with van der Waals surface area (Å²) in [7, 11) is -3.56. The lowest BCUT2D eigenvalue weighted by molar-refractivity contribution is -0.123. The third-order valence-electron chi connectivity index (χ3n) is 4.42. The molecule has 1 aromatic carbocycles. The van der Waals surface area contributed by atoms with Gasteiger partial charge in [0.2, 0.25) is 15.9 Å². The number of sulfonamides is 1. The van der Waals surface area contributed by atoms with Crippen LogP contribution in [0.25, 0.3) is 0 Å². The Labute approximate surface area is 150 Å². The van der Waals surface area contributed by atoms with E-state index < -0.39 is 40.9 Å². The predicted octanol–water partition coefficient (Wildman–Crippen LogP) is 0.321. The molecule has 26 heavy (non-hydrogen) atoms. The summed E-state index contributed by atoms with van der Waals surface area (Å²) < 4.78 is 57.8. The van der Waals surface area contributed by atoms with E-state index in [1.807, 2.05) is 0 Å². The van der Waals surface area contributed by atoms with Crippen LogP contribution in [0.3, 0.4) is 0 Å². The molecule has 1 atom stereocenters. The van der Waals surface area contributed by atoms with Crippen molar-refractivity contribution >= 4 is 15.9 Å². The van der Waals surface area contributed by atoms with Gasteiger partial charge in [0, 0.05) is 26.1 Å². The lowest BCUT2D eigenvalue weighted by Crippen LogP contribution is -2.40. The van der Waals surface area contributed by atoms with Crippen molar-refractivity contribution in [3.63, 3.8) is 0 Å². The average Bonchev–Trinajstić information content (AvgIpc) is 3.01. The van der Waals surface area contributed by atoms with E-state index in [4.69, 9.17) is 4.74 Å². The van der Waals surface area contributed by atoms with Crippen molar-refractivity contribution in [2.24, 2.45) is 0 Å². The van der Waals surface area contributed by atoms with Crippen molar-refractivity contribution in [2.75, 3.05) is 32.8 Å². The molecule has 3 rings (SSSR count). The smallest absolute Gasteiger partial charge is 0.262 e. The predicted molar refractivity (Wildman–Crippen MR) is 89.2 cm³/mol. The molecule has 0 saturated carbocycles. The highest BCUT2D eigenvalue weighted by atomic mass is 32.2. The average molecular weight is 389 g/mol. The van der Waals surface area contributed by atoms with Gasteiger partial charge in [-0.05, 0) is 17.7 Å². The minimum Gasteiger partial charge on any atom is -0.379 e. The van der Waals surface area contributed by atoms with E-state index in [0.717, 1.165) is 0 Å². The molecule has 2 aliphatic heterocycles. The molecule has 0 bridgehead atoms. The fourth-order valence-corrected chi connectivity index (χ4v) is 4.34. The maximum atomic E-state index is 13.1. The molecular weight excluding hydrogens is 368 g/mol. The molecule has 2 N–H and O–H groups in total. The summed E-state index contributed by atoms with van der Waals surface area (Å²) in [4.78, 5) is 12.1. The Kier molecular flexibility index (Phi) is 5.56. The summed E-state index contributed by atoms with van der Waals surface area (Å²) >= 11 is 0. The van der Waals surface area contributed by atoms with Gasteiger partial charge >= 0.3 is 0 Å². The minimum atomic E-state index is -3.56. The first-order valence-electron chi connectivity index (χ1n) is 8.34. The van der Waals surface area contributed by atoms with E-state index in [2.05, 4.69) is 10.6 Å². The number of rotatable bonds is 5. The molecule has 1 unspecified atom stereocenters. The van der Waals surface area contributed by atoms with Gasteiger partial charge in [-0.2, -0.15) is 4.31 Å². The minimum absolute atomic E-state index is 0.139. The molecule has 1 aromatic rings. The van der Waals surface area contributed by atoms with Crippen LogP contribution < -0.4 is 10.6 Å². The van der Waals surface area contributed by atoms with Gasteiger partial charge in [-0.3, -0.25) is 10.1 Å². The van der Waals surface area contributed by atoms with Crippen molar-refractivity contribution in [1.29, 1.82) is 0 Å². The number of halogens is 2. The van der Waals surface area contributed by atoms with Gasteiger partial charge in [-0.15, -0.1) is 0 Å². The molecule has 2 saturated heterocycles. The van der Waals surface area contributed by atoms with E-state index in [0.29, 0.717) is 31.9 Å². The Balaban J connectivity index is 1.57. The Hall–Kier alpha value is -1.62. The van der Waals surface area contributed by atoms with Crippen molar-refractivity contribution in [2.45, 2.75) is 29.8 Å². The number of carbonyl (C=O) groups is 1. The molecular formula is C16H21F2N3O4S. The first-order valence-corrected chi connectivity index (χ1v) is 9.78. The van der Waals surface area contributed by atoms with Gasteiger partial charge in [-0.1, -0.05) is 12.1 Å². The zero-order chi connectivity index (χ0) is 18.8. The van der Waals surface area contributed by atoms with E-state index in [-0.39, 0.29) is 11.4 Å². The summed E-state index contributed by atoms with van der Waals surface area (Å²) in [5.74, 6) is -3.36. The molecule has 0 radical (unpaired) electrons. The van der Waals surface area contributed by atoms with Gasteiger partial charge in [-0.25, -0.2) is 17.2 Å². The first kappa shape index (κ1) is 19.2. The summed E-state index contributed by atoms with van der Waals surface area (Å²) in [5, 5.41) is 5.08. The number of hydrogen-bond acceptors (Lipinski definition) is 5. The van der Waals surface area contributed by atoms with Crippen LogP contribution in [0.4, 0.5) is 8.78 Å². The second-order valence-corrected chi connectivity index (χ2v) is 8.31. The van der Waals surface area contributed by atoms with Crippen molar-refractivity contribution in [3.8, 4) is 0 Å². The number of nitrogens with one attached hydrogen (secondary N) is 2. The summed E-state index contributed by atoms with van der Waals surface area (Å²) in [6.07, 6.45) is -0.518. The number of morpholine rings is 1. The number of ether oxygens (including phenoxy) is 1. The zero-order valence-electron chi connectivity index (χ0n) is 14.1.